The molecular formula is C18H19N5O2. The fraction of sp³-hybridized carbons (Fsp3) is 0.333. The number of hydrogen-bond acceptors (Lipinski definition) is 5. The molecule has 0 N–H and O–H groups in total. The molecule has 0 spiro atoms. The van der Waals surface area contributed by atoms with Crippen molar-refractivity contribution in [1.29, 1.82) is 0 Å². The predicted molar refractivity (Wildman–Crippen MR) is 92.4 cm³/mol. The monoisotopic (exact) mass is 337 g/mol. The molecule has 1 fully saturated rings. The molecule has 0 aliphatic heterocycles. The summed E-state index contributed by atoms with van der Waals surface area (Å²) in [6, 6.07) is 5.92. The summed E-state index contributed by atoms with van der Waals surface area (Å²) in [6.07, 6.45) is 7.45. The van der Waals surface area contributed by atoms with Gasteiger partial charge in [0.25, 0.3) is 5.91 Å². The van der Waals surface area contributed by atoms with Crippen molar-refractivity contribution in [3.05, 3.63) is 48.2 Å². The summed E-state index contributed by atoms with van der Waals surface area (Å²) in [5.41, 5.74) is 2.89. The van der Waals surface area contributed by atoms with Gasteiger partial charge in [0.15, 0.2) is 5.65 Å². The maximum atomic E-state index is 12.7. The molecule has 1 saturated carbocycles. The number of amides is 1. The van der Waals surface area contributed by atoms with E-state index in [9.17, 15) is 4.79 Å². The first-order chi connectivity index (χ1) is 12.2. The van der Waals surface area contributed by atoms with E-state index in [0.29, 0.717) is 18.2 Å². The van der Waals surface area contributed by atoms with Crippen LogP contribution in [0.1, 0.15) is 34.9 Å². The molecule has 0 aromatic carbocycles. The van der Waals surface area contributed by atoms with E-state index in [4.69, 9.17) is 4.74 Å². The third-order valence-corrected chi connectivity index (χ3v) is 4.37. The lowest BCUT2D eigenvalue weighted by Gasteiger charge is -2.17. The number of pyridine rings is 2. The number of rotatable bonds is 5. The highest BCUT2D eigenvalue weighted by molar-refractivity contribution is 5.96. The summed E-state index contributed by atoms with van der Waals surface area (Å²) in [4.78, 5) is 27.4. The Bertz CT molecular complexity index is 932. The van der Waals surface area contributed by atoms with Crippen molar-refractivity contribution >= 4 is 17.1 Å². The Morgan fingerprint density at radius 2 is 2.16 bits per heavy atom. The highest BCUT2D eigenvalue weighted by Crippen LogP contribution is 2.36. The van der Waals surface area contributed by atoms with E-state index >= 15 is 0 Å². The molecular weight excluding hydrogens is 318 g/mol. The van der Waals surface area contributed by atoms with Crippen LogP contribution in [-0.2, 0) is 6.54 Å². The lowest BCUT2D eigenvalue weighted by atomic mass is 10.2. The first-order valence-corrected chi connectivity index (χ1v) is 8.22. The molecule has 4 rings (SSSR count). The minimum absolute atomic E-state index is 0.111. The van der Waals surface area contributed by atoms with E-state index in [1.165, 1.54) is 12.8 Å². The van der Waals surface area contributed by atoms with Gasteiger partial charge in [0.1, 0.15) is 11.3 Å². The lowest BCUT2D eigenvalue weighted by Crippen LogP contribution is -2.26. The van der Waals surface area contributed by atoms with Crippen LogP contribution in [0.25, 0.3) is 11.2 Å². The average molecular weight is 337 g/mol. The van der Waals surface area contributed by atoms with Crippen LogP contribution in [0.4, 0.5) is 0 Å². The summed E-state index contributed by atoms with van der Waals surface area (Å²) < 4.78 is 7.28. The van der Waals surface area contributed by atoms with E-state index in [2.05, 4.69) is 19.5 Å². The van der Waals surface area contributed by atoms with Gasteiger partial charge in [0.05, 0.1) is 31.2 Å². The number of nitrogens with zero attached hydrogens (tertiary/aromatic N) is 5. The first kappa shape index (κ1) is 15.6. The van der Waals surface area contributed by atoms with Crippen LogP contribution in [0.2, 0.25) is 0 Å². The molecule has 3 aromatic rings. The van der Waals surface area contributed by atoms with E-state index in [1.54, 1.807) is 43.6 Å². The predicted octanol–water partition coefficient (Wildman–Crippen LogP) is 2.44. The maximum Gasteiger partial charge on any atom is 0.255 e. The SMILES string of the molecule is COc1ccnc(CN(C)C(=O)c2cnc3c(c2)ncn3C2CC2)c1. The Balaban J connectivity index is 1.54. The molecule has 3 heterocycles. The van der Waals surface area contributed by atoms with E-state index in [0.717, 1.165) is 22.6 Å². The zero-order valence-corrected chi connectivity index (χ0v) is 14.2. The summed E-state index contributed by atoms with van der Waals surface area (Å²) in [7, 11) is 3.35. The van der Waals surface area contributed by atoms with Crippen LogP contribution in [-0.4, -0.2) is 44.5 Å². The molecule has 128 valence electrons. The van der Waals surface area contributed by atoms with Gasteiger partial charge in [-0.1, -0.05) is 0 Å². The van der Waals surface area contributed by atoms with Crippen LogP contribution < -0.4 is 4.74 Å². The number of carbonyl (C=O) groups excluding carboxylic acids is 1. The van der Waals surface area contributed by atoms with Gasteiger partial charge in [-0.3, -0.25) is 9.78 Å². The Morgan fingerprint density at radius 3 is 2.92 bits per heavy atom. The molecule has 1 aliphatic rings. The molecule has 7 nitrogen and oxygen atoms in total. The summed E-state index contributed by atoms with van der Waals surface area (Å²) in [5.74, 6) is 0.611. The molecule has 7 heteroatoms. The highest BCUT2D eigenvalue weighted by atomic mass is 16.5. The Kier molecular flexibility index (Phi) is 3.83. The van der Waals surface area contributed by atoms with Gasteiger partial charge >= 0.3 is 0 Å². The number of methoxy groups -OCH3 is 1. The second-order valence-corrected chi connectivity index (χ2v) is 6.30. The molecule has 0 radical (unpaired) electrons. The molecule has 1 aliphatic carbocycles. The minimum atomic E-state index is -0.111. The second kappa shape index (κ2) is 6.16. The number of imidazole rings is 1. The smallest absolute Gasteiger partial charge is 0.255 e. The number of carbonyl (C=O) groups is 1. The highest BCUT2D eigenvalue weighted by Gasteiger charge is 2.26. The maximum absolute atomic E-state index is 12.7. The summed E-state index contributed by atoms with van der Waals surface area (Å²) >= 11 is 0. The van der Waals surface area contributed by atoms with Gasteiger partial charge < -0.3 is 14.2 Å². The second-order valence-electron chi connectivity index (χ2n) is 6.30. The molecule has 25 heavy (non-hydrogen) atoms. The fourth-order valence-corrected chi connectivity index (χ4v) is 2.86. The van der Waals surface area contributed by atoms with Crippen LogP contribution in [0.5, 0.6) is 5.75 Å². The van der Waals surface area contributed by atoms with Crippen molar-refractivity contribution in [3.63, 3.8) is 0 Å². The van der Waals surface area contributed by atoms with Crippen LogP contribution in [0.15, 0.2) is 36.9 Å². The third-order valence-electron chi connectivity index (χ3n) is 4.37. The Morgan fingerprint density at radius 1 is 1.32 bits per heavy atom. The molecule has 0 saturated heterocycles. The quantitative estimate of drug-likeness (QED) is 0.715. The topological polar surface area (TPSA) is 73.1 Å². The van der Waals surface area contributed by atoms with Crippen molar-refractivity contribution in [2.45, 2.75) is 25.4 Å². The molecule has 3 aromatic heterocycles. The van der Waals surface area contributed by atoms with E-state index in [-0.39, 0.29) is 5.91 Å². The van der Waals surface area contributed by atoms with Crippen LogP contribution in [0.3, 0.4) is 0 Å². The van der Waals surface area contributed by atoms with E-state index in [1.807, 2.05) is 12.4 Å². The largest absolute Gasteiger partial charge is 0.497 e. The minimum Gasteiger partial charge on any atom is -0.497 e. The third kappa shape index (κ3) is 3.05. The number of aromatic nitrogens is 4. The zero-order chi connectivity index (χ0) is 17.4. The normalized spacial score (nSPS) is 13.8. The van der Waals surface area contributed by atoms with Gasteiger partial charge in [-0.15, -0.1) is 0 Å². The van der Waals surface area contributed by atoms with Crippen LogP contribution >= 0.6 is 0 Å². The molecule has 0 atom stereocenters. The van der Waals surface area contributed by atoms with Crippen molar-refractivity contribution in [2.75, 3.05) is 14.2 Å². The van der Waals surface area contributed by atoms with Gasteiger partial charge in [-0.05, 0) is 25.0 Å². The van der Waals surface area contributed by atoms with Crippen molar-refractivity contribution in [1.82, 2.24) is 24.4 Å². The number of fused-ring (bicyclic) bond motifs is 1. The first-order valence-electron chi connectivity index (χ1n) is 8.22. The fourth-order valence-electron chi connectivity index (χ4n) is 2.86. The van der Waals surface area contributed by atoms with Crippen molar-refractivity contribution < 1.29 is 9.53 Å². The van der Waals surface area contributed by atoms with Crippen LogP contribution in [0, 0.1) is 0 Å². The summed E-state index contributed by atoms with van der Waals surface area (Å²) in [5, 5.41) is 0. The Hall–Kier alpha value is -2.96. The van der Waals surface area contributed by atoms with Gasteiger partial charge in [-0.25, -0.2) is 9.97 Å². The zero-order valence-electron chi connectivity index (χ0n) is 14.2. The number of ether oxygens (including phenoxy) is 1. The standard InChI is InChI=1S/C18H19N5O2/c1-22(10-13-8-15(25-2)5-6-19-13)18(24)12-7-16-17(20-9-12)23(11-21-16)14-3-4-14/h5-9,11,14H,3-4,10H2,1-2H3. The van der Waals surface area contributed by atoms with E-state index < -0.39 is 0 Å². The van der Waals surface area contributed by atoms with Gasteiger partial charge in [-0.2, -0.15) is 0 Å². The molecule has 0 unspecified atom stereocenters. The number of hydrogen-bond donors (Lipinski definition) is 0. The lowest BCUT2D eigenvalue weighted by molar-refractivity contribution is 0.0783. The Labute approximate surface area is 145 Å². The van der Waals surface area contributed by atoms with Crippen molar-refractivity contribution in [2.24, 2.45) is 0 Å². The molecule has 1 amide bonds. The molecule has 0 bridgehead atoms. The van der Waals surface area contributed by atoms with Crippen molar-refractivity contribution in [3.8, 4) is 5.75 Å². The van der Waals surface area contributed by atoms with Gasteiger partial charge in [0, 0.05) is 31.5 Å². The average Bonchev–Trinajstić information content (AvgIpc) is 3.40. The van der Waals surface area contributed by atoms with Gasteiger partial charge in [0.2, 0.25) is 0 Å². The summed E-state index contributed by atoms with van der Waals surface area (Å²) in [6.45, 7) is 0.393.